The van der Waals surface area contributed by atoms with E-state index in [-0.39, 0.29) is 0 Å². The number of rotatable bonds is 6. The number of ether oxygens (including phenoxy) is 3. The summed E-state index contributed by atoms with van der Waals surface area (Å²) in [5, 5.41) is 79.4. The van der Waals surface area contributed by atoms with Gasteiger partial charge in [0.2, 0.25) is 0 Å². The Labute approximate surface area is 171 Å². The highest BCUT2D eigenvalue weighted by molar-refractivity contribution is 5.73. The van der Waals surface area contributed by atoms with Gasteiger partial charge in [-0.3, -0.25) is 9.69 Å². The van der Waals surface area contributed by atoms with Crippen LogP contribution in [0, 0.1) is 0 Å². The lowest BCUT2D eigenvalue weighted by Gasteiger charge is -2.48. The van der Waals surface area contributed by atoms with Crippen molar-refractivity contribution in [2.24, 2.45) is 0 Å². The van der Waals surface area contributed by atoms with Crippen LogP contribution in [0.4, 0.5) is 0 Å². The minimum Gasteiger partial charge on any atom is -0.480 e. The Kier molecular flexibility index (Phi) is 7.63. The van der Waals surface area contributed by atoms with E-state index in [0.717, 1.165) is 0 Å². The first-order valence-corrected chi connectivity index (χ1v) is 9.78. The molecule has 3 aliphatic heterocycles. The van der Waals surface area contributed by atoms with Crippen molar-refractivity contribution in [3.05, 3.63) is 0 Å². The molecule has 3 aliphatic rings. The summed E-state index contributed by atoms with van der Waals surface area (Å²) < 4.78 is 16.4. The van der Waals surface area contributed by atoms with Crippen LogP contribution in [-0.4, -0.2) is 139 Å². The quantitative estimate of drug-likeness (QED) is 0.195. The van der Waals surface area contributed by atoms with Crippen LogP contribution >= 0.6 is 0 Å². The summed E-state index contributed by atoms with van der Waals surface area (Å²) in [4.78, 5) is 12.8. The maximum Gasteiger partial charge on any atom is 0.320 e. The van der Waals surface area contributed by atoms with Crippen molar-refractivity contribution in [1.29, 1.82) is 0 Å². The van der Waals surface area contributed by atoms with Gasteiger partial charge in [0, 0.05) is 6.54 Å². The Morgan fingerprint density at radius 3 is 2.17 bits per heavy atom. The van der Waals surface area contributed by atoms with Gasteiger partial charge in [-0.2, -0.15) is 0 Å². The Hall–Kier alpha value is -0.970. The predicted molar refractivity (Wildman–Crippen MR) is 93.8 cm³/mol. The number of aliphatic hydroxyl groups excluding tert-OH is 7. The van der Waals surface area contributed by atoms with E-state index in [1.165, 1.54) is 4.90 Å². The third-order valence-corrected chi connectivity index (χ3v) is 5.89. The molecule has 0 aromatic rings. The second kappa shape index (κ2) is 9.67. The fourth-order valence-corrected chi connectivity index (χ4v) is 4.20. The van der Waals surface area contributed by atoms with Gasteiger partial charge in [-0.25, -0.2) is 0 Å². The summed E-state index contributed by atoms with van der Waals surface area (Å²) in [6.45, 7) is -1.05. The molecule has 3 saturated heterocycles. The first kappa shape index (κ1) is 23.7. The fourth-order valence-electron chi connectivity index (χ4n) is 4.20. The molecule has 3 fully saturated rings. The molecule has 3 heterocycles. The zero-order chi connectivity index (χ0) is 22.2. The fraction of sp³-hybridized carbons (Fsp3) is 0.941. The van der Waals surface area contributed by atoms with Crippen LogP contribution in [0.15, 0.2) is 0 Å². The summed E-state index contributed by atoms with van der Waals surface area (Å²) >= 11 is 0. The van der Waals surface area contributed by atoms with E-state index >= 15 is 0 Å². The molecule has 11 atom stereocenters. The highest BCUT2D eigenvalue weighted by Crippen LogP contribution is 2.32. The number of hydrogen-bond acceptors (Lipinski definition) is 12. The van der Waals surface area contributed by atoms with Crippen molar-refractivity contribution in [2.75, 3.05) is 19.8 Å². The second-order valence-corrected chi connectivity index (χ2v) is 7.76. The van der Waals surface area contributed by atoms with Gasteiger partial charge in [-0.15, -0.1) is 0 Å². The van der Waals surface area contributed by atoms with Gasteiger partial charge in [0.15, 0.2) is 6.29 Å². The topological polar surface area (TPSA) is 210 Å². The van der Waals surface area contributed by atoms with E-state index in [0.29, 0.717) is 19.4 Å². The number of carboxylic acids is 1. The summed E-state index contributed by atoms with van der Waals surface area (Å²) in [5.74, 6) is -1.10. The minimum atomic E-state index is -1.75. The van der Waals surface area contributed by atoms with Crippen molar-refractivity contribution in [2.45, 2.75) is 80.2 Å². The zero-order valence-electron chi connectivity index (χ0n) is 16.0. The van der Waals surface area contributed by atoms with Crippen LogP contribution in [0.2, 0.25) is 0 Å². The third kappa shape index (κ3) is 4.33. The SMILES string of the molecule is O=C(O)[C@@H]1CCCN1C1O[C@H](CO)[C@@H](O[C@@H]2O[C@H](CO)[C@H](O)[C@H](O)[C@H]2O)[C@H](O)[C@H]1O. The standard InChI is InChI=1S/C17H29NO12/c19-4-7-9(21)10(22)13(25)17(29-7)30-14-8(5-20)28-15(12(24)11(14)23)18-3-1-2-6(18)16(26)27/h6-15,17,19-25H,1-5H2,(H,26,27)/t6-,7+,8+,9-,10-,11+,12+,13+,14+,15?,17-/m0/s1. The van der Waals surface area contributed by atoms with Gasteiger partial charge in [0.1, 0.15) is 61.1 Å². The molecule has 3 rings (SSSR count). The van der Waals surface area contributed by atoms with Crippen molar-refractivity contribution in [1.82, 2.24) is 4.90 Å². The van der Waals surface area contributed by atoms with Crippen LogP contribution in [0.3, 0.4) is 0 Å². The normalized spacial score (nSPS) is 48.0. The predicted octanol–water partition coefficient (Wildman–Crippen LogP) is -4.84. The van der Waals surface area contributed by atoms with Crippen molar-refractivity contribution in [3.8, 4) is 0 Å². The third-order valence-electron chi connectivity index (χ3n) is 5.89. The molecule has 1 unspecified atom stereocenters. The zero-order valence-corrected chi connectivity index (χ0v) is 16.0. The van der Waals surface area contributed by atoms with Crippen LogP contribution in [-0.2, 0) is 19.0 Å². The summed E-state index contributed by atoms with van der Waals surface area (Å²) in [7, 11) is 0. The van der Waals surface area contributed by atoms with E-state index in [4.69, 9.17) is 14.2 Å². The van der Waals surface area contributed by atoms with E-state index in [9.17, 15) is 45.6 Å². The lowest BCUT2D eigenvalue weighted by atomic mass is 9.96. The van der Waals surface area contributed by atoms with Gasteiger partial charge < -0.3 is 55.1 Å². The molecule has 0 aliphatic carbocycles. The summed E-state index contributed by atoms with van der Waals surface area (Å²) in [6, 6.07) is -0.917. The maximum absolute atomic E-state index is 11.4. The van der Waals surface area contributed by atoms with Crippen LogP contribution in [0.1, 0.15) is 12.8 Å². The first-order chi connectivity index (χ1) is 14.2. The van der Waals surface area contributed by atoms with Gasteiger partial charge in [0.05, 0.1) is 13.2 Å². The van der Waals surface area contributed by atoms with Crippen molar-refractivity contribution >= 4 is 5.97 Å². The van der Waals surface area contributed by atoms with E-state index in [1.807, 2.05) is 0 Å². The lowest BCUT2D eigenvalue weighted by Crippen LogP contribution is -2.67. The van der Waals surface area contributed by atoms with Crippen molar-refractivity contribution < 1.29 is 59.9 Å². The largest absolute Gasteiger partial charge is 0.480 e. The van der Waals surface area contributed by atoms with Crippen LogP contribution in [0.5, 0.6) is 0 Å². The summed E-state index contributed by atoms with van der Waals surface area (Å²) in [5.41, 5.74) is 0. The van der Waals surface area contributed by atoms with Crippen LogP contribution < -0.4 is 0 Å². The molecule has 13 nitrogen and oxygen atoms in total. The molecule has 8 N–H and O–H groups in total. The molecule has 30 heavy (non-hydrogen) atoms. The average molecular weight is 439 g/mol. The second-order valence-electron chi connectivity index (χ2n) is 7.76. The van der Waals surface area contributed by atoms with Crippen LogP contribution in [0.25, 0.3) is 0 Å². The Morgan fingerprint density at radius 1 is 0.900 bits per heavy atom. The smallest absolute Gasteiger partial charge is 0.320 e. The number of carboxylic acid groups (broad SMARTS) is 1. The van der Waals surface area contributed by atoms with E-state index in [2.05, 4.69) is 0 Å². The Morgan fingerprint density at radius 2 is 1.57 bits per heavy atom. The van der Waals surface area contributed by atoms with E-state index in [1.54, 1.807) is 0 Å². The molecule has 0 saturated carbocycles. The molecule has 0 bridgehead atoms. The highest BCUT2D eigenvalue weighted by atomic mass is 16.7. The monoisotopic (exact) mass is 439 g/mol. The molecule has 0 aromatic carbocycles. The highest BCUT2D eigenvalue weighted by Gasteiger charge is 2.53. The molecule has 13 heteroatoms. The van der Waals surface area contributed by atoms with Gasteiger partial charge in [0.25, 0.3) is 0 Å². The lowest BCUT2D eigenvalue weighted by molar-refractivity contribution is -0.349. The molecule has 0 amide bonds. The van der Waals surface area contributed by atoms with Gasteiger partial charge in [-0.1, -0.05) is 0 Å². The average Bonchev–Trinajstić information content (AvgIpc) is 3.21. The molecule has 174 valence electrons. The Balaban J connectivity index is 1.74. The molecular weight excluding hydrogens is 410 g/mol. The van der Waals surface area contributed by atoms with Gasteiger partial charge >= 0.3 is 5.97 Å². The molecule has 0 radical (unpaired) electrons. The Bertz CT molecular complexity index is 591. The first-order valence-electron chi connectivity index (χ1n) is 9.78. The molecular formula is C17H29NO12. The number of nitrogens with zero attached hydrogens (tertiary/aromatic N) is 1. The van der Waals surface area contributed by atoms with Crippen molar-refractivity contribution in [3.63, 3.8) is 0 Å². The molecule has 0 aromatic heterocycles. The molecule has 0 spiro atoms. The van der Waals surface area contributed by atoms with Gasteiger partial charge in [-0.05, 0) is 12.8 Å². The number of hydrogen-bond donors (Lipinski definition) is 8. The number of carbonyl (C=O) groups is 1. The number of aliphatic carboxylic acids is 1. The van der Waals surface area contributed by atoms with E-state index < -0.39 is 86.6 Å². The minimum absolute atomic E-state index is 0.307. The maximum atomic E-state index is 11.4. The summed E-state index contributed by atoms with van der Waals surface area (Å²) in [6.07, 6.45) is -14.2. The number of aliphatic hydroxyl groups is 7. The number of likely N-dealkylation sites (tertiary alicyclic amines) is 1.